The first-order chi connectivity index (χ1) is 61.8. The van der Waals surface area contributed by atoms with Gasteiger partial charge in [0.25, 0.3) is 0 Å². The molecule has 0 spiro atoms. The van der Waals surface area contributed by atoms with Crippen molar-refractivity contribution in [3.8, 4) is 112 Å². The summed E-state index contributed by atoms with van der Waals surface area (Å²) >= 11 is 0. The number of hydrogen-bond acceptors (Lipinski definition) is 2. The van der Waals surface area contributed by atoms with Crippen molar-refractivity contribution in [1.82, 2.24) is 9.13 Å². The molecule has 2 aromatic heterocycles. The van der Waals surface area contributed by atoms with E-state index >= 15 is 0 Å². The monoisotopic (exact) mass is 1590 g/mol. The molecule has 0 bridgehead atoms. The Labute approximate surface area is 727 Å². The number of anilines is 6. The molecule has 125 heavy (non-hydrogen) atoms. The van der Waals surface area contributed by atoms with Gasteiger partial charge in [0.2, 0.25) is 0 Å². The first-order valence-electron chi connectivity index (χ1n) is 43.0. The van der Waals surface area contributed by atoms with Gasteiger partial charge < -0.3 is 18.9 Å². The van der Waals surface area contributed by atoms with Crippen LogP contribution in [-0.2, 0) is 0 Å². The van der Waals surface area contributed by atoms with E-state index in [1.165, 1.54) is 176 Å². The largest absolute Gasteiger partial charge is 0.311 e. The predicted octanol–water partition coefficient (Wildman–Crippen LogP) is 33.6. The Bertz CT molecular complexity index is 7920. The third-order valence-electron chi connectivity index (χ3n) is 25.4. The number of hydrogen-bond donors (Lipinski definition) is 0. The molecule has 4 nitrogen and oxygen atoms in total. The first kappa shape index (κ1) is 73.7. The highest BCUT2D eigenvalue weighted by Crippen LogP contribution is 2.45. The number of benzene rings is 21. The Kier molecular flexibility index (Phi) is 18.5. The van der Waals surface area contributed by atoms with Gasteiger partial charge in [-0.2, -0.15) is 0 Å². The molecular formula is C121H82N4. The Morgan fingerprint density at radius 2 is 0.344 bits per heavy atom. The third kappa shape index (κ3) is 13.9. The van der Waals surface area contributed by atoms with Crippen LogP contribution in [0.15, 0.2) is 479 Å². The van der Waals surface area contributed by atoms with Gasteiger partial charge in [-0.25, -0.2) is 0 Å². The van der Waals surface area contributed by atoms with Crippen LogP contribution in [-0.4, -0.2) is 9.13 Å². The van der Waals surface area contributed by atoms with Gasteiger partial charge >= 0.3 is 0 Å². The lowest BCUT2D eigenvalue weighted by Gasteiger charge is -2.26. The molecule has 0 aliphatic rings. The minimum Gasteiger partial charge on any atom is -0.311 e. The summed E-state index contributed by atoms with van der Waals surface area (Å²) in [6.07, 6.45) is 0. The number of aromatic nitrogens is 2. The van der Waals surface area contributed by atoms with Gasteiger partial charge in [0.05, 0.1) is 22.1 Å². The molecule has 0 fully saturated rings. The standard InChI is InChI=1S/C121H82N4/c1-81-29-31-83(32-30-81)84-33-35-85(36-34-84)86-51-58-106(59-52-86)122(109-65-69-111(70-66-109)124-118-25-9-5-21-114(118)115-22-6-10-26-119(115)124)107-60-53-89(54-61-107)98-43-47-103-79-99(48-49-102(103)77-98)94-20-14-19-93(74-94)92-18-13-17-91(73-92)87-37-39-88(40-38-87)96-44-50-105-80-113(64-57-104(105)78-96)123(110-67-71-112(72-68-110)125-120-27-11-7-23-116(120)117-24-8-12-28-121(117)125)108-62-55-90(56-63-108)97-42-46-100-75-95(41-45-101(100)76-97)82-15-3-2-4-16-82/h2-80H,1H3. The second kappa shape index (κ2) is 31.3. The second-order valence-corrected chi connectivity index (χ2v) is 32.9. The molecule has 0 unspecified atom stereocenters. The van der Waals surface area contributed by atoms with Gasteiger partial charge in [-0.1, -0.05) is 321 Å². The smallest absolute Gasteiger partial charge is 0.0541 e. The van der Waals surface area contributed by atoms with E-state index in [1.807, 2.05) is 0 Å². The minimum absolute atomic E-state index is 1.07. The minimum atomic E-state index is 1.07. The molecule has 23 rings (SSSR count). The van der Waals surface area contributed by atoms with E-state index in [1.54, 1.807) is 0 Å². The van der Waals surface area contributed by atoms with Crippen LogP contribution in [0.1, 0.15) is 5.56 Å². The van der Waals surface area contributed by atoms with Gasteiger partial charge in [-0.3, -0.25) is 0 Å². The molecule has 23 aromatic rings. The van der Waals surface area contributed by atoms with Crippen molar-refractivity contribution in [2.75, 3.05) is 9.80 Å². The molecule has 0 radical (unpaired) electrons. The average molecular weight is 1590 g/mol. The molecule has 0 atom stereocenters. The van der Waals surface area contributed by atoms with Crippen molar-refractivity contribution in [2.45, 2.75) is 6.92 Å². The molecule has 4 heteroatoms. The molecule has 0 aliphatic heterocycles. The van der Waals surface area contributed by atoms with Gasteiger partial charge in [0.15, 0.2) is 0 Å². The molecule has 2 heterocycles. The van der Waals surface area contributed by atoms with E-state index in [0.29, 0.717) is 0 Å². The normalized spacial score (nSPS) is 11.6. The van der Waals surface area contributed by atoms with Crippen LogP contribution in [0, 0.1) is 6.92 Å². The Hall–Kier alpha value is -16.4. The van der Waals surface area contributed by atoms with Crippen molar-refractivity contribution < 1.29 is 0 Å². The fourth-order valence-electron chi connectivity index (χ4n) is 18.8. The lowest BCUT2D eigenvalue weighted by atomic mass is 9.94. The van der Waals surface area contributed by atoms with E-state index in [0.717, 1.165) is 51.1 Å². The Balaban J connectivity index is 0.490. The maximum atomic E-state index is 2.39. The highest BCUT2D eigenvalue weighted by Gasteiger charge is 2.21. The molecule has 0 saturated heterocycles. The van der Waals surface area contributed by atoms with Crippen molar-refractivity contribution in [2.24, 2.45) is 0 Å². The van der Waals surface area contributed by atoms with Crippen LogP contribution < -0.4 is 9.80 Å². The highest BCUT2D eigenvalue weighted by atomic mass is 15.1. The summed E-state index contributed by atoms with van der Waals surface area (Å²) in [7, 11) is 0. The zero-order valence-corrected chi connectivity index (χ0v) is 68.9. The number of fused-ring (bicyclic) bond motifs is 9. The van der Waals surface area contributed by atoms with Crippen LogP contribution in [0.25, 0.3) is 187 Å². The quantitative estimate of drug-likeness (QED) is 0.0903. The second-order valence-electron chi connectivity index (χ2n) is 32.9. The van der Waals surface area contributed by atoms with Gasteiger partial charge in [0, 0.05) is 67.0 Å². The molecule has 0 saturated carbocycles. The number of aryl methyl sites for hydroxylation is 1. The van der Waals surface area contributed by atoms with Gasteiger partial charge in [-0.05, 0) is 303 Å². The molecule has 0 aliphatic carbocycles. The number of nitrogens with zero attached hydrogens (tertiary/aromatic N) is 4. The SMILES string of the molecule is Cc1ccc(-c2ccc(-c3ccc(N(c4ccc(-c5ccc6cc(-c7cccc(-c8cccc(-c9ccc(-c%10ccc%11cc(N(c%12ccc(-c%13ccc%14cc(-c%15ccccc%15)ccc%14c%13)cc%12)c%12ccc(-n%13c%14ccccc%14c%14ccccc%14%13)cc%12)ccc%11c%10)cc9)c8)c7)ccc6c5)cc4)c4ccc(-n5c6ccccc6c6ccccc65)cc4)cc3)cc2)cc1. The van der Waals surface area contributed by atoms with Crippen molar-refractivity contribution >= 4 is 110 Å². The summed E-state index contributed by atoms with van der Waals surface area (Å²) in [5, 5.41) is 12.2. The topological polar surface area (TPSA) is 16.3 Å². The van der Waals surface area contributed by atoms with Gasteiger partial charge in [-0.15, -0.1) is 0 Å². The summed E-state index contributed by atoms with van der Waals surface area (Å²) in [4.78, 5) is 4.76. The number of rotatable bonds is 17. The van der Waals surface area contributed by atoms with E-state index < -0.39 is 0 Å². The summed E-state index contributed by atoms with van der Waals surface area (Å²) < 4.78 is 4.77. The Morgan fingerprint density at radius 3 is 0.672 bits per heavy atom. The zero-order chi connectivity index (χ0) is 82.8. The van der Waals surface area contributed by atoms with Crippen LogP contribution in [0.2, 0.25) is 0 Å². The molecule has 0 amide bonds. The summed E-state index contributed by atoms with van der Waals surface area (Å²) in [6.45, 7) is 2.13. The predicted molar refractivity (Wildman–Crippen MR) is 531 cm³/mol. The fourth-order valence-corrected chi connectivity index (χ4v) is 18.8. The van der Waals surface area contributed by atoms with E-state index in [4.69, 9.17) is 0 Å². The van der Waals surface area contributed by atoms with Crippen molar-refractivity contribution in [1.29, 1.82) is 0 Å². The summed E-state index contributed by atoms with van der Waals surface area (Å²) in [5.41, 5.74) is 36.1. The maximum Gasteiger partial charge on any atom is 0.0541 e. The molecule has 21 aromatic carbocycles. The lowest BCUT2D eigenvalue weighted by Crippen LogP contribution is -2.10. The fraction of sp³-hybridized carbons (Fsp3) is 0.00826. The van der Waals surface area contributed by atoms with Crippen molar-refractivity contribution in [3.63, 3.8) is 0 Å². The first-order valence-corrected chi connectivity index (χ1v) is 43.0. The van der Waals surface area contributed by atoms with Crippen LogP contribution in [0.5, 0.6) is 0 Å². The maximum absolute atomic E-state index is 2.39. The average Bonchev–Trinajstić information content (AvgIpc) is 1.63. The van der Waals surface area contributed by atoms with Gasteiger partial charge in [0.1, 0.15) is 0 Å². The van der Waals surface area contributed by atoms with Crippen LogP contribution in [0.4, 0.5) is 34.1 Å². The Morgan fingerprint density at radius 1 is 0.144 bits per heavy atom. The molecule has 586 valence electrons. The van der Waals surface area contributed by atoms with Crippen LogP contribution in [0.3, 0.4) is 0 Å². The van der Waals surface area contributed by atoms with E-state index in [-0.39, 0.29) is 0 Å². The third-order valence-corrected chi connectivity index (χ3v) is 25.4. The van der Waals surface area contributed by atoms with Crippen molar-refractivity contribution in [3.05, 3.63) is 485 Å². The molecular weight excluding hydrogens is 1510 g/mol. The highest BCUT2D eigenvalue weighted by molar-refractivity contribution is 6.11. The lowest BCUT2D eigenvalue weighted by molar-refractivity contribution is 1.17. The van der Waals surface area contributed by atoms with E-state index in [9.17, 15) is 0 Å². The summed E-state index contributed by atoms with van der Waals surface area (Å²) in [5.74, 6) is 0. The molecule has 0 N–H and O–H groups in total. The van der Waals surface area contributed by atoms with Crippen LogP contribution >= 0.6 is 0 Å². The summed E-state index contributed by atoms with van der Waals surface area (Å²) in [6, 6.07) is 176. The number of para-hydroxylation sites is 4. The zero-order valence-electron chi connectivity index (χ0n) is 68.9. The van der Waals surface area contributed by atoms with E-state index in [2.05, 4.69) is 505 Å².